The largest absolute Gasteiger partial charge is 0.379 e. The third kappa shape index (κ3) is 2.36. The van der Waals surface area contributed by atoms with Crippen LogP contribution in [0.25, 0.3) is 0 Å². The first-order valence-electron chi connectivity index (χ1n) is 4.98. The van der Waals surface area contributed by atoms with Gasteiger partial charge in [0, 0.05) is 30.9 Å². The first-order chi connectivity index (χ1) is 6.37. The topological polar surface area (TPSA) is 38.5 Å². The van der Waals surface area contributed by atoms with Crippen LogP contribution in [0.4, 0.5) is 0 Å². The zero-order chi connectivity index (χ0) is 9.15. The maximum absolute atomic E-state index is 5.90. The van der Waals surface area contributed by atoms with E-state index in [1.165, 1.54) is 17.9 Å². The van der Waals surface area contributed by atoms with E-state index in [-0.39, 0.29) is 12.4 Å². The van der Waals surface area contributed by atoms with Gasteiger partial charge >= 0.3 is 0 Å². The summed E-state index contributed by atoms with van der Waals surface area (Å²) in [7, 11) is 0. The summed E-state index contributed by atoms with van der Waals surface area (Å²) in [4.78, 5) is 2.54. The molecule has 2 rings (SSSR count). The Morgan fingerprint density at radius 3 is 2.57 bits per heavy atom. The third-order valence-corrected chi connectivity index (χ3v) is 4.38. The average molecular weight is 239 g/mol. The van der Waals surface area contributed by atoms with Crippen molar-refractivity contribution in [3.8, 4) is 0 Å². The summed E-state index contributed by atoms with van der Waals surface area (Å²) in [5.41, 5.74) is 6.20. The van der Waals surface area contributed by atoms with Crippen molar-refractivity contribution in [2.75, 3.05) is 44.4 Å². The quantitative estimate of drug-likeness (QED) is 0.764. The van der Waals surface area contributed by atoms with E-state index in [0.717, 1.165) is 32.8 Å². The molecule has 5 heteroatoms. The van der Waals surface area contributed by atoms with Crippen molar-refractivity contribution in [2.45, 2.75) is 12.0 Å². The Morgan fingerprint density at radius 1 is 1.36 bits per heavy atom. The number of nitrogens with zero attached hydrogens (tertiary/aromatic N) is 1. The number of hydrogen-bond acceptors (Lipinski definition) is 4. The lowest BCUT2D eigenvalue weighted by atomic mass is 9.96. The smallest absolute Gasteiger partial charge is 0.0594 e. The number of hydrogen-bond donors (Lipinski definition) is 1. The minimum Gasteiger partial charge on any atom is -0.379 e. The maximum atomic E-state index is 5.90. The van der Waals surface area contributed by atoms with Crippen LogP contribution in [-0.4, -0.2) is 54.8 Å². The molecule has 3 nitrogen and oxygen atoms in total. The number of nitrogens with two attached hydrogens (primary N) is 1. The highest BCUT2D eigenvalue weighted by Gasteiger charge is 2.39. The minimum absolute atomic E-state index is 0. The summed E-state index contributed by atoms with van der Waals surface area (Å²) in [6, 6.07) is 0. The Balaban J connectivity index is 0.000000980. The van der Waals surface area contributed by atoms with Gasteiger partial charge in [-0.25, -0.2) is 0 Å². The van der Waals surface area contributed by atoms with Crippen molar-refractivity contribution in [1.82, 2.24) is 4.90 Å². The Bertz CT molecular complexity index is 170. The van der Waals surface area contributed by atoms with Crippen molar-refractivity contribution in [1.29, 1.82) is 0 Å². The van der Waals surface area contributed by atoms with Crippen molar-refractivity contribution in [3.05, 3.63) is 0 Å². The van der Waals surface area contributed by atoms with Gasteiger partial charge < -0.3 is 10.5 Å². The van der Waals surface area contributed by atoms with Gasteiger partial charge in [-0.15, -0.1) is 12.4 Å². The Morgan fingerprint density at radius 2 is 2.07 bits per heavy atom. The molecule has 2 aliphatic rings. The minimum atomic E-state index is 0. The van der Waals surface area contributed by atoms with Gasteiger partial charge in [-0.1, -0.05) is 0 Å². The molecule has 2 heterocycles. The lowest BCUT2D eigenvalue weighted by Gasteiger charge is -2.42. The van der Waals surface area contributed by atoms with E-state index >= 15 is 0 Å². The predicted octanol–water partition coefficient (Wildman–Crippen LogP) is 0.575. The number of halogens is 1. The van der Waals surface area contributed by atoms with Crippen LogP contribution < -0.4 is 5.73 Å². The van der Waals surface area contributed by atoms with Crippen LogP contribution in [0.15, 0.2) is 0 Å². The summed E-state index contributed by atoms with van der Waals surface area (Å²) in [5, 5.41) is 0. The molecule has 0 aromatic carbocycles. The third-order valence-electron chi connectivity index (χ3n) is 3.14. The van der Waals surface area contributed by atoms with Gasteiger partial charge in [-0.2, -0.15) is 11.8 Å². The monoisotopic (exact) mass is 238 g/mol. The van der Waals surface area contributed by atoms with E-state index in [9.17, 15) is 0 Å². The molecule has 1 unspecified atom stereocenters. The highest BCUT2D eigenvalue weighted by Crippen LogP contribution is 2.32. The maximum Gasteiger partial charge on any atom is 0.0594 e. The predicted molar refractivity (Wildman–Crippen MR) is 63.4 cm³/mol. The number of morpholine rings is 1. The van der Waals surface area contributed by atoms with Gasteiger partial charge in [0.2, 0.25) is 0 Å². The number of rotatable bonds is 2. The van der Waals surface area contributed by atoms with E-state index in [2.05, 4.69) is 4.90 Å². The molecule has 0 aliphatic carbocycles. The fourth-order valence-electron chi connectivity index (χ4n) is 2.17. The van der Waals surface area contributed by atoms with E-state index in [1.807, 2.05) is 11.8 Å². The normalized spacial score (nSPS) is 34.1. The first-order valence-corrected chi connectivity index (χ1v) is 6.13. The fourth-order valence-corrected chi connectivity index (χ4v) is 3.67. The SMILES string of the molecule is Cl.NCC1(N2CCOCC2)CCSC1. The first kappa shape index (κ1) is 12.6. The molecule has 2 fully saturated rings. The van der Waals surface area contributed by atoms with Gasteiger partial charge in [-0.05, 0) is 12.2 Å². The lowest BCUT2D eigenvalue weighted by molar-refractivity contribution is -0.0105. The van der Waals surface area contributed by atoms with E-state index in [0.29, 0.717) is 5.54 Å². The van der Waals surface area contributed by atoms with Gasteiger partial charge in [0.25, 0.3) is 0 Å². The van der Waals surface area contributed by atoms with Crippen LogP contribution >= 0.6 is 24.2 Å². The Labute approximate surface area is 96.1 Å². The average Bonchev–Trinajstić information content (AvgIpc) is 2.69. The highest BCUT2D eigenvalue weighted by molar-refractivity contribution is 7.99. The molecule has 1 atom stereocenters. The molecule has 0 spiro atoms. The van der Waals surface area contributed by atoms with Gasteiger partial charge in [0.1, 0.15) is 0 Å². The van der Waals surface area contributed by atoms with Gasteiger partial charge in [0.05, 0.1) is 13.2 Å². The molecule has 0 aromatic rings. The molecule has 14 heavy (non-hydrogen) atoms. The van der Waals surface area contributed by atoms with E-state index in [4.69, 9.17) is 10.5 Å². The fraction of sp³-hybridized carbons (Fsp3) is 1.00. The summed E-state index contributed by atoms with van der Waals surface area (Å²) < 4.78 is 5.36. The molecule has 2 N–H and O–H groups in total. The van der Waals surface area contributed by atoms with Crippen molar-refractivity contribution in [2.24, 2.45) is 5.73 Å². The van der Waals surface area contributed by atoms with Gasteiger partial charge in [0.15, 0.2) is 0 Å². The molecule has 2 aliphatic heterocycles. The van der Waals surface area contributed by atoms with Crippen LogP contribution in [0.2, 0.25) is 0 Å². The zero-order valence-electron chi connectivity index (χ0n) is 8.41. The van der Waals surface area contributed by atoms with Crippen LogP contribution in [0.3, 0.4) is 0 Å². The van der Waals surface area contributed by atoms with Crippen molar-refractivity contribution >= 4 is 24.2 Å². The second-order valence-corrected chi connectivity index (χ2v) is 4.94. The Kier molecular flexibility index (Phi) is 5.00. The Hall–Kier alpha value is 0.520. The van der Waals surface area contributed by atoms with Crippen LogP contribution in [-0.2, 0) is 4.74 Å². The summed E-state index contributed by atoms with van der Waals surface area (Å²) in [6.45, 7) is 4.70. The molecule has 0 radical (unpaired) electrons. The molecular formula is C9H19ClN2OS. The second-order valence-electron chi connectivity index (χ2n) is 3.83. The number of ether oxygens (including phenoxy) is 1. The van der Waals surface area contributed by atoms with Crippen molar-refractivity contribution < 1.29 is 4.74 Å². The molecule has 0 saturated carbocycles. The van der Waals surface area contributed by atoms with Crippen LogP contribution in [0, 0.1) is 0 Å². The molecule has 0 amide bonds. The summed E-state index contributed by atoms with van der Waals surface area (Å²) >= 11 is 2.04. The highest BCUT2D eigenvalue weighted by atomic mass is 35.5. The van der Waals surface area contributed by atoms with Gasteiger partial charge in [-0.3, -0.25) is 4.90 Å². The molecule has 0 bridgehead atoms. The molecule has 0 aromatic heterocycles. The standard InChI is InChI=1S/C9H18N2OS.ClH/c10-7-9(1-6-13-8-9)11-2-4-12-5-3-11;/h1-8,10H2;1H. The van der Waals surface area contributed by atoms with Crippen molar-refractivity contribution in [3.63, 3.8) is 0 Å². The van der Waals surface area contributed by atoms with E-state index < -0.39 is 0 Å². The molecular weight excluding hydrogens is 220 g/mol. The van der Waals surface area contributed by atoms with E-state index in [1.54, 1.807) is 0 Å². The van der Waals surface area contributed by atoms with Crippen LogP contribution in [0.5, 0.6) is 0 Å². The zero-order valence-corrected chi connectivity index (χ0v) is 10.0. The lowest BCUT2D eigenvalue weighted by Crippen LogP contribution is -2.57. The second kappa shape index (κ2) is 5.56. The van der Waals surface area contributed by atoms with Crippen LogP contribution in [0.1, 0.15) is 6.42 Å². The summed E-state index contributed by atoms with van der Waals surface area (Å²) in [5.74, 6) is 2.48. The number of thioether (sulfide) groups is 1. The summed E-state index contributed by atoms with van der Waals surface area (Å²) in [6.07, 6.45) is 1.26. The molecule has 2 saturated heterocycles. The molecule has 84 valence electrons.